The molecule has 1 fully saturated rings. The molecule has 2 rings (SSSR count). The highest BCUT2D eigenvalue weighted by molar-refractivity contribution is 5.76. The van der Waals surface area contributed by atoms with E-state index in [0.717, 1.165) is 6.42 Å². The van der Waals surface area contributed by atoms with Crippen molar-refractivity contribution in [1.29, 1.82) is 0 Å². The van der Waals surface area contributed by atoms with Crippen molar-refractivity contribution in [3.05, 3.63) is 6.20 Å². The SMILES string of the molecule is CCOC(=O)[C@@H]1C[C@H]1n1cc(N)c(OC)n1. The first-order valence-corrected chi connectivity index (χ1v) is 5.22. The molecule has 1 saturated carbocycles. The van der Waals surface area contributed by atoms with Crippen LogP contribution in [0, 0.1) is 5.92 Å². The predicted octanol–water partition coefficient (Wildman–Crippen LogP) is 0.598. The second-order valence-electron chi connectivity index (χ2n) is 3.74. The number of nitrogen functional groups attached to an aromatic ring is 1. The molecule has 1 aliphatic rings. The lowest BCUT2D eigenvalue weighted by Crippen LogP contribution is -2.09. The largest absolute Gasteiger partial charge is 0.478 e. The second-order valence-corrected chi connectivity index (χ2v) is 3.74. The molecule has 0 aliphatic heterocycles. The summed E-state index contributed by atoms with van der Waals surface area (Å²) < 4.78 is 11.6. The molecule has 1 aromatic rings. The first-order chi connectivity index (χ1) is 7.67. The van der Waals surface area contributed by atoms with Crippen molar-refractivity contribution in [1.82, 2.24) is 9.78 Å². The van der Waals surface area contributed by atoms with Crippen LogP contribution in [0.25, 0.3) is 0 Å². The van der Waals surface area contributed by atoms with Crippen molar-refractivity contribution in [2.45, 2.75) is 19.4 Å². The van der Waals surface area contributed by atoms with E-state index >= 15 is 0 Å². The maximum Gasteiger partial charge on any atom is 0.311 e. The van der Waals surface area contributed by atoms with E-state index in [1.807, 2.05) is 0 Å². The molecule has 1 heterocycles. The van der Waals surface area contributed by atoms with Gasteiger partial charge in [-0.1, -0.05) is 0 Å². The topological polar surface area (TPSA) is 79.4 Å². The Morgan fingerprint density at radius 3 is 3.06 bits per heavy atom. The van der Waals surface area contributed by atoms with Crippen LogP contribution in [-0.2, 0) is 9.53 Å². The van der Waals surface area contributed by atoms with Crippen LogP contribution in [-0.4, -0.2) is 29.5 Å². The highest BCUT2D eigenvalue weighted by atomic mass is 16.5. The molecule has 2 atom stereocenters. The summed E-state index contributed by atoms with van der Waals surface area (Å²) in [6, 6.07) is 0.0604. The molecular weight excluding hydrogens is 210 g/mol. The van der Waals surface area contributed by atoms with Crippen molar-refractivity contribution in [3.8, 4) is 5.88 Å². The van der Waals surface area contributed by atoms with E-state index in [2.05, 4.69) is 5.10 Å². The number of hydrogen-bond donors (Lipinski definition) is 1. The monoisotopic (exact) mass is 225 g/mol. The zero-order chi connectivity index (χ0) is 11.7. The van der Waals surface area contributed by atoms with Crippen molar-refractivity contribution < 1.29 is 14.3 Å². The van der Waals surface area contributed by atoms with Gasteiger partial charge in [0.05, 0.1) is 31.9 Å². The minimum absolute atomic E-state index is 0.0604. The number of carbonyl (C=O) groups is 1. The van der Waals surface area contributed by atoms with Crippen molar-refractivity contribution >= 4 is 11.7 Å². The molecule has 16 heavy (non-hydrogen) atoms. The van der Waals surface area contributed by atoms with E-state index in [9.17, 15) is 4.79 Å². The Morgan fingerprint density at radius 1 is 1.75 bits per heavy atom. The number of carbonyl (C=O) groups excluding carboxylic acids is 1. The number of esters is 1. The quantitative estimate of drug-likeness (QED) is 0.759. The maximum absolute atomic E-state index is 11.4. The number of nitrogens with zero attached hydrogens (tertiary/aromatic N) is 2. The van der Waals surface area contributed by atoms with Gasteiger partial charge in [0.15, 0.2) is 0 Å². The molecule has 2 N–H and O–H groups in total. The molecule has 88 valence electrons. The number of ether oxygens (including phenoxy) is 2. The third-order valence-electron chi connectivity index (χ3n) is 2.60. The van der Waals surface area contributed by atoms with Gasteiger partial charge in [-0.2, -0.15) is 0 Å². The molecule has 0 aromatic carbocycles. The van der Waals surface area contributed by atoms with E-state index in [1.165, 1.54) is 7.11 Å². The Bertz CT molecular complexity index is 402. The van der Waals surface area contributed by atoms with Crippen molar-refractivity contribution in [2.75, 3.05) is 19.5 Å². The van der Waals surface area contributed by atoms with Gasteiger partial charge in [-0.05, 0) is 13.3 Å². The smallest absolute Gasteiger partial charge is 0.311 e. The van der Waals surface area contributed by atoms with E-state index in [1.54, 1.807) is 17.8 Å². The first-order valence-electron chi connectivity index (χ1n) is 5.22. The van der Waals surface area contributed by atoms with Gasteiger partial charge in [-0.25, -0.2) is 0 Å². The van der Waals surface area contributed by atoms with Gasteiger partial charge in [-0.15, -0.1) is 5.10 Å². The molecule has 0 saturated heterocycles. The second kappa shape index (κ2) is 4.03. The van der Waals surface area contributed by atoms with E-state index in [-0.39, 0.29) is 17.9 Å². The van der Waals surface area contributed by atoms with Crippen LogP contribution >= 0.6 is 0 Å². The Morgan fingerprint density at radius 2 is 2.50 bits per heavy atom. The average molecular weight is 225 g/mol. The van der Waals surface area contributed by atoms with Crippen LogP contribution in [0.5, 0.6) is 5.88 Å². The summed E-state index contributed by atoms with van der Waals surface area (Å²) in [7, 11) is 1.51. The van der Waals surface area contributed by atoms with Gasteiger partial charge < -0.3 is 15.2 Å². The van der Waals surface area contributed by atoms with Crippen LogP contribution in [0.3, 0.4) is 0 Å². The Balaban J connectivity index is 2.02. The highest BCUT2D eigenvalue weighted by Gasteiger charge is 2.46. The minimum atomic E-state index is -0.166. The maximum atomic E-state index is 11.4. The fourth-order valence-electron chi connectivity index (χ4n) is 1.69. The summed E-state index contributed by atoms with van der Waals surface area (Å²) in [5, 5.41) is 4.14. The fourth-order valence-corrected chi connectivity index (χ4v) is 1.69. The number of methoxy groups -OCH3 is 1. The third kappa shape index (κ3) is 1.82. The number of anilines is 1. The summed E-state index contributed by atoms with van der Waals surface area (Å²) in [6.07, 6.45) is 2.44. The molecule has 0 radical (unpaired) electrons. The molecule has 0 spiro atoms. The average Bonchev–Trinajstić information content (AvgIpc) is 2.97. The van der Waals surface area contributed by atoms with Gasteiger partial charge >= 0.3 is 5.97 Å². The van der Waals surface area contributed by atoms with Gasteiger partial charge in [0.25, 0.3) is 5.88 Å². The van der Waals surface area contributed by atoms with Crippen LogP contribution in [0.1, 0.15) is 19.4 Å². The first kappa shape index (κ1) is 10.8. The van der Waals surface area contributed by atoms with Crippen LogP contribution in [0.15, 0.2) is 6.20 Å². The van der Waals surface area contributed by atoms with E-state index in [0.29, 0.717) is 18.2 Å². The summed E-state index contributed by atoms with van der Waals surface area (Å²) in [5.41, 5.74) is 6.16. The number of aromatic nitrogens is 2. The van der Waals surface area contributed by atoms with Gasteiger partial charge in [0, 0.05) is 0 Å². The molecule has 6 heteroatoms. The number of hydrogen-bond acceptors (Lipinski definition) is 5. The lowest BCUT2D eigenvalue weighted by molar-refractivity contribution is -0.145. The molecule has 1 aromatic heterocycles. The summed E-state index contributed by atoms with van der Waals surface area (Å²) in [4.78, 5) is 11.4. The van der Waals surface area contributed by atoms with Crippen LogP contribution in [0.2, 0.25) is 0 Å². The molecule has 0 amide bonds. The highest BCUT2D eigenvalue weighted by Crippen LogP contribution is 2.44. The van der Waals surface area contributed by atoms with Gasteiger partial charge in [0.1, 0.15) is 5.69 Å². The summed E-state index contributed by atoms with van der Waals surface area (Å²) in [5.74, 6) is 0.138. The molecular formula is C10H15N3O3. The standard InChI is InChI=1S/C10H15N3O3/c1-3-16-10(14)6-4-8(6)13-5-7(11)9(12-13)15-2/h5-6,8H,3-4,11H2,1-2H3/t6-,8-/m1/s1. The molecule has 0 bridgehead atoms. The fraction of sp³-hybridized carbons (Fsp3) is 0.600. The Hall–Kier alpha value is -1.72. The minimum Gasteiger partial charge on any atom is -0.478 e. The predicted molar refractivity (Wildman–Crippen MR) is 57.0 cm³/mol. The van der Waals surface area contributed by atoms with Crippen molar-refractivity contribution in [3.63, 3.8) is 0 Å². The lowest BCUT2D eigenvalue weighted by atomic mass is 10.4. The third-order valence-corrected chi connectivity index (χ3v) is 2.60. The summed E-state index contributed by atoms with van der Waals surface area (Å²) in [6.45, 7) is 2.21. The van der Waals surface area contributed by atoms with Gasteiger partial charge in [0.2, 0.25) is 0 Å². The molecule has 1 aliphatic carbocycles. The Labute approximate surface area is 93.3 Å². The summed E-state index contributed by atoms with van der Waals surface area (Å²) >= 11 is 0. The zero-order valence-corrected chi connectivity index (χ0v) is 9.34. The normalized spacial score (nSPS) is 22.9. The van der Waals surface area contributed by atoms with Crippen molar-refractivity contribution in [2.24, 2.45) is 5.92 Å². The van der Waals surface area contributed by atoms with E-state index in [4.69, 9.17) is 15.2 Å². The number of rotatable bonds is 4. The molecule has 6 nitrogen and oxygen atoms in total. The Kier molecular flexibility index (Phi) is 2.72. The zero-order valence-electron chi connectivity index (χ0n) is 9.34. The molecule has 0 unspecified atom stereocenters. The van der Waals surface area contributed by atoms with E-state index < -0.39 is 0 Å². The van der Waals surface area contributed by atoms with Crippen LogP contribution < -0.4 is 10.5 Å². The lowest BCUT2D eigenvalue weighted by Gasteiger charge is -2.00. The van der Waals surface area contributed by atoms with Crippen LogP contribution in [0.4, 0.5) is 5.69 Å². The van der Waals surface area contributed by atoms with Gasteiger partial charge in [-0.3, -0.25) is 9.48 Å². The number of nitrogens with two attached hydrogens (primary N) is 1.